The van der Waals surface area contributed by atoms with Gasteiger partial charge in [0.05, 0.1) is 5.92 Å². The Kier molecular flexibility index (Phi) is 2.86. The van der Waals surface area contributed by atoms with Crippen molar-refractivity contribution in [2.45, 2.75) is 12.1 Å². The SMILES string of the molecule is FC(F)(F)c1csc(N2CC(c3nnc4ccccn34)C2)n1. The Morgan fingerprint density at radius 1 is 1.18 bits per heavy atom. The number of fused-ring (bicyclic) bond motifs is 1. The Labute approximate surface area is 127 Å². The Balaban J connectivity index is 1.51. The third-order valence-corrected chi connectivity index (χ3v) is 4.54. The fourth-order valence-electron chi connectivity index (χ4n) is 2.48. The number of thiazole rings is 1. The van der Waals surface area contributed by atoms with E-state index >= 15 is 0 Å². The number of alkyl halides is 3. The van der Waals surface area contributed by atoms with Crippen molar-refractivity contribution in [2.75, 3.05) is 18.0 Å². The molecule has 4 heterocycles. The second kappa shape index (κ2) is 4.67. The zero-order chi connectivity index (χ0) is 15.3. The molecule has 0 bridgehead atoms. The van der Waals surface area contributed by atoms with Gasteiger partial charge in [-0.25, -0.2) is 4.98 Å². The van der Waals surface area contributed by atoms with Crippen LogP contribution in [0, 0.1) is 0 Å². The van der Waals surface area contributed by atoms with E-state index in [1.165, 1.54) is 0 Å². The summed E-state index contributed by atoms with van der Waals surface area (Å²) in [4.78, 5) is 5.49. The van der Waals surface area contributed by atoms with Gasteiger partial charge in [-0.3, -0.25) is 4.40 Å². The van der Waals surface area contributed by atoms with Crippen molar-refractivity contribution in [2.24, 2.45) is 0 Å². The Morgan fingerprint density at radius 2 is 2.00 bits per heavy atom. The topological polar surface area (TPSA) is 46.3 Å². The maximum absolute atomic E-state index is 12.6. The van der Waals surface area contributed by atoms with Crippen molar-refractivity contribution >= 4 is 22.1 Å². The predicted octanol–water partition coefficient (Wildman–Crippen LogP) is 2.81. The molecular weight excluding hydrogens is 315 g/mol. The minimum atomic E-state index is -4.39. The second-order valence-corrected chi connectivity index (χ2v) is 5.94. The molecule has 9 heteroatoms. The molecule has 3 aromatic heterocycles. The van der Waals surface area contributed by atoms with Crippen LogP contribution >= 0.6 is 11.3 Å². The standard InChI is InChI=1S/C13H10F3N5S/c14-13(15,16)9-7-22-12(17-9)20-5-8(6-20)11-19-18-10-3-1-2-4-21(10)11/h1-4,7-8H,5-6H2. The summed E-state index contributed by atoms with van der Waals surface area (Å²) in [6, 6.07) is 5.64. The average molecular weight is 325 g/mol. The van der Waals surface area contributed by atoms with E-state index in [0.29, 0.717) is 18.2 Å². The van der Waals surface area contributed by atoms with Crippen LogP contribution < -0.4 is 4.90 Å². The quantitative estimate of drug-likeness (QED) is 0.727. The van der Waals surface area contributed by atoms with Crippen LogP contribution in [0.4, 0.5) is 18.3 Å². The van der Waals surface area contributed by atoms with Crippen LogP contribution in [0.3, 0.4) is 0 Å². The summed E-state index contributed by atoms with van der Waals surface area (Å²) in [6.07, 6.45) is -2.50. The van der Waals surface area contributed by atoms with Gasteiger partial charge in [-0.15, -0.1) is 21.5 Å². The Bertz CT molecular complexity index is 818. The van der Waals surface area contributed by atoms with Gasteiger partial charge in [0, 0.05) is 24.7 Å². The first-order valence-electron chi connectivity index (χ1n) is 6.60. The van der Waals surface area contributed by atoms with Crippen LogP contribution in [0.5, 0.6) is 0 Å². The molecule has 0 aromatic carbocycles. The fraction of sp³-hybridized carbons (Fsp3) is 0.308. The molecule has 0 radical (unpaired) electrons. The van der Waals surface area contributed by atoms with E-state index < -0.39 is 11.9 Å². The lowest BCUT2D eigenvalue weighted by Gasteiger charge is -2.37. The lowest BCUT2D eigenvalue weighted by Crippen LogP contribution is -2.45. The van der Waals surface area contributed by atoms with Gasteiger partial charge in [0.1, 0.15) is 5.82 Å². The number of pyridine rings is 1. The van der Waals surface area contributed by atoms with Crippen LogP contribution in [0.2, 0.25) is 0 Å². The van der Waals surface area contributed by atoms with Crippen LogP contribution in [0.25, 0.3) is 5.65 Å². The molecule has 1 aliphatic rings. The summed E-state index contributed by atoms with van der Waals surface area (Å²) < 4.78 is 39.6. The van der Waals surface area contributed by atoms with Crippen molar-refractivity contribution in [3.63, 3.8) is 0 Å². The smallest absolute Gasteiger partial charge is 0.346 e. The largest absolute Gasteiger partial charge is 0.434 e. The molecule has 1 aliphatic heterocycles. The highest BCUT2D eigenvalue weighted by Crippen LogP contribution is 2.37. The summed E-state index contributed by atoms with van der Waals surface area (Å²) in [5.74, 6) is 0.982. The van der Waals surface area contributed by atoms with Gasteiger partial charge in [-0.2, -0.15) is 13.2 Å². The summed E-state index contributed by atoms with van der Waals surface area (Å²) in [5, 5.41) is 9.72. The molecule has 0 atom stereocenters. The number of hydrogen-bond donors (Lipinski definition) is 0. The number of anilines is 1. The highest BCUT2D eigenvalue weighted by atomic mass is 32.1. The lowest BCUT2D eigenvalue weighted by atomic mass is 10.0. The third kappa shape index (κ3) is 2.12. The van der Waals surface area contributed by atoms with Crippen LogP contribution in [-0.2, 0) is 6.18 Å². The molecule has 0 saturated carbocycles. The average Bonchev–Trinajstić information content (AvgIpc) is 3.04. The molecule has 0 aliphatic carbocycles. The molecule has 5 nitrogen and oxygen atoms in total. The predicted molar refractivity (Wildman–Crippen MR) is 75.1 cm³/mol. The van der Waals surface area contributed by atoms with Crippen molar-refractivity contribution in [3.8, 4) is 0 Å². The van der Waals surface area contributed by atoms with Gasteiger partial charge in [0.15, 0.2) is 16.5 Å². The number of aromatic nitrogens is 4. The lowest BCUT2D eigenvalue weighted by molar-refractivity contribution is -0.140. The number of halogens is 3. The molecule has 3 aromatic rings. The summed E-state index contributed by atoms with van der Waals surface area (Å²) >= 11 is 1.02. The molecule has 1 fully saturated rings. The van der Waals surface area contributed by atoms with Crippen molar-refractivity contribution < 1.29 is 13.2 Å². The summed E-state index contributed by atoms with van der Waals surface area (Å²) in [5.41, 5.74) is -0.0616. The maximum Gasteiger partial charge on any atom is 0.434 e. The second-order valence-electron chi connectivity index (χ2n) is 5.10. The monoisotopic (exact) mass is 325 g/mol. The first-order valence-corrected chi connectivity index (χ1v) is 7.47. The maximum atomic E-state index is 12.6. The number of nitrogens with zero attached hydrogens (tertiary/aromatic N) is 5. The van der Waals surface area contributed by atoms with E-state index in [2.05, 4.69) is 15.2 Å². The van der Waals surface area contributed by atoms with Gasteiger partial charge in [0.2, 0.25) is 0 Å². The zero-order valence-electron chi connectivity index (χ0n) is 11.2. The van der Waals surface area contributed by atoms with Crippen LogP contribution in [0.1, 0.15) is 17.4 Å². The van der Waals surface area contributed by atoms with Gasteiger partial charge in [-0.05, 0) is 12.1 Å². The number of rotatable bonds is 2. The molecule has 22 heavy (non-hydrogen) atoms. The Morgan fingerprint density at radius 3 is 2.73 bits per heavy atom. The van der Waals surface area contributed by atoms with Crippen molar-refractivity contribution in [3.05, 3.63) is 41.3 Å². The van der Waals surface area contributed by atoms with Gasteiger partial charge in [-0.1, -0.05) is 6.07 Å². The van der Waals surface area contributed by atoms with E-state index in [-0.39, 0.29) is 5.92 Å². The van der Waals surface area contributed by atoms with E-state index in [9.17, 15) is 13.2 Å². The first-order chi connectivity index (χ1) is 10.5. The van der Waals surface area contributed by atoms with Crippen molar-refractivity contribution in [1.29, 1.82) is 0 Å². The van der Waals surface area contributed by atoms with Crippen LogP contribution in [0.15, 0.2) is 29.8 Å². The third-order valence-electron chi connectivity index (χ3n) is 3.64. The van der Waals surface area contributed by atoms with E-state index in [1.54, 1.807) is 0 Å². The molecule has 0 amide bonds. The molecular formula is C13H10F3N5S. The van der Waals surface area contributed by atoms with E-state index in [0.717, 1.165) is 28.2 Å². The highest BCUT2D eigenvalue weighted by Gasteiger charge is 2.37. The molecule has 4 rings (SSSR count). The summed E-state index contributed by atoms with van der Waals surface area (Å²) in [7, 11) is 0. The summed E-state index contributed by atoms with van der Waals surface area (Å²) in [6.45, 7) is 1.20. The first kappa shape index (κ1) is 13.5. The van der Waals surface area contributed by atoms with Crippen molar-refractivity contribution in [1.82, 2.24) is 19.6 Å². The fourth-order valence-corrected chi connectivity index (χ4v) is 3.33. The molecule has 0 N–H and O–H groups in total. The van der Waals surface area contributed by atoms with Gasteiger partial charge < -0.3 is 4.90 Å². The van der Waals surface area contributed by atoms with Crippen LogP contribution in [-0.4, -0.2) is 32.7 Å². The molecule has 0 unspecified atom stereocenters. The minimum Gasteiger partial charge on any atom is -0.346 e. The molecule has 1 saturated heterocycles. The molecule has 0 spiro atoms. The highest BCUT2D eigenvalue weighted by molar-refractivity contribution is 7.13. The molecule has 114 valence electrons. The minimum absolute atomic E-state index is 0.149. The van der Waals surface area contributed by atoms with E-state index in [4.69, 9.17) is 0 Å². The number of hydrogen-bond acceptors (Lipinski definition) is 5. The Hall–Kier alpha value is -2.16. The van der Waals surface area contributed by atoms with Gasteiger partial charge >= 0.3 is 6.18 Å². The van der Waals surface area contributed by atoms with Gasteiger partial charge in [0.25, 0.3) is 0 Å². The van der Waals surface area contributed by atoms with E-state index in [1.807, 2.05) is 33.7 Å². The normalized spacial score (nSPS) is 16.2. The zero-order valence-corrected chi connectivity index (χ0v) is 12.0.